The van der Waals surface area contributed by atoms with E-state index in [2.05, 4.69) is 35.9 Å². The Morgan fingerprint density at radius 2 is 2.11 bits per heavy atom. The lowest BCUT2D eigenvalue weighted by molar-refractivity contribution is 0.339. The van der Waals surface area contributed by atoms with Crippen molar-refractivity contribution < 1.29 is 0 Å². The molecule has 0 aromatic carbocycles. The Balaban J connectivity index is 1.59. The lowest BCUT2D eigenvalue weighted by atomic mass is 10.00. The van der Waals surface area contributed by atoms with Gasteiger partial charge in [0.2, 0.25) is 0 Å². The van der Waals surface area contributed by atoms with Crippen molar-refractivity contribution in [3.63, 3.8) is 0 Å². The molecule has 6 heteroatoms. The van der Waals surface area contributed by atoms with Crippen LogP contribution < -0.4 is 4.90 Å². The number of halogens is 1. The summed E-state index contributed by atoms with van der Waals surface area (Å²) in [5.74, 6) is 1.65. The maximum absolute atomic E-state index is 4.38. The highest BCUT2D eigenvalue weighted by molar-refractivity contribution is 9.10. The molecule has 1 aliphatic rings. The molecule has 3 heterocycles. The highest BCUT2D eigenvalue weighted by Crippen LogP contribution is 2.25. The fourth-order valence-electron chi connectivity index (χ4n) is 2.27. The smallest absolute Gasteiger partial charge is 0.150 e. The molecule has 5 nitrogen and oxygen atoms in total. The van der Waals surface area contributed by atoms with Crippen molar-refractivity contribution in [3.05, 3.63) is 35.0 Å². The Hall–Kier alpha value is -1.43. The Morgan fingerprint density at radius 1 is 1.33 bits per heavy atom. The zero-order chi connectivity index (χ0) is 12.5. The molecular formula is C12H14BrN5. The second-order valence-corrected chi connectivity index (χ2v) is 5.53. The van der Waals surface area contributed by atoms with Crippen LogP contribution in [0.3, 0.4) is 0 Å². The molecule has 0 bridgehead atoms. The molecule has 0 amide bonds. The summed E-state index contributed by atoms with van der Waals surface area (Å²) in [7, 11) is 0. The van der Waals surface area contributed by atoms with Gasteiger partial charge in [-0.3, -0.25) is 9.67 Å². The van der Waals surface area contributed by atoms with Gasteiger partial charge in [0.1, 0.15) is 5.82 Å². The summed E-state index contributed by atoms with van der Waals surface area (Å²) in [6.45, 7) is 5.01. The number of hydrogen-bond acceptors (Lipinski definition) is 4. The van der Waals surface area contributed by atoms with E-state index in [1.54, 1.807) is 12.4 Å². The first-order valence-electron chi connectivity index (χ1n) is 5.93. The van der Waals surface area contributed by atoms with Crippen LogP contribution in [-0.4, -0.2) is 32.8 Å². The van der Waals surface area contributed by atoms with Gasteiger partial charge in [-0.05, 0) is 22.9 Å². The van der Waals surface area contributed by atoms with Gasteiger partial charge in [0.25, 0.3) is 0 Å². The van der Waals surface area contributed by atoms with Gasteiger partial charge in [0.05, 0.1) is 16.4 Å². The van der Waals surface area contributed by atoms with Gasteiger partial charge < -0.3 is 4.90 Å². The molecule has 18 heavy (non-hydrogen) atoms. The summed E-state index contributed by atoms with van der Waals surface area (Å²) >= 11 is 3.41. The minimum absolute atomic E-state index is 0.637. The molecule has 0 saturated carbocycles. The van der Waals surface area contributed by atoms with Crippen molar-refractivity contribution in [2.75, 3.05) is 18.0 Å². The summed E-state index contributed by atoms with van der Waals surface area (Å²) in [6.07, 6.45) is 7.32. The van der Waals surface area contributed by atoms with Gasteiger partial charge in [-0.25, -0.2) is 4.98 Å². The molecule has 0 N–H and O–H groups in total. The van der Waals surface area contributed by atoms with Crippen LogP contribution in [0.15, 0.2) is 29.3 Å². The molecule has 3 rings (SSSR count). The summed E-state index contributed by atoms with van der Waals surface area (Å²) in [4.78, 5) is 10.9. The standard InChI is InChI=1S/C12H14BrN5/c1-9-12(15-3-2-14-9)17-5-10(6-17)7-18-8-11(13)4-16-18/h2-4,8,10H,5-7H2,1H3. The predicted octanol–water partition coefficient (Wildman–Crippen LogP) is 1.88. The van der Waals surface area contributed by atoms with E-state index in [4.69, 9.17) is 0 Å². The first kappa shape index (κ1) is 11.6. The van der Waals surface area contributed by atoms with Gasteiger partial charge in [0, 0.05) is 44.1 Å². The fraction of sp³-hybridized carbons (Fsp3) is 0.417. The van der Waals surface area contributed by atoms with Crippen LogP contribution in [0, 0.1) is 12.8 Å². The van der Waals surface area contributed by atoms with Crippen LogP contribution in [0.1, 0.15) is 5.69 Å². The van der Waals surface area contributed by atoms with Crippen molar-refractivity contribution in [2.24, 2.45) is 5.92 Å². The average molecular weight is 308 g/mol. The van der Waals surface area contributed by atoms with Crippen molar-refractivity contribution >= 4 is 21.7 Å². The van der Waals surface area contributed by atoms with Gasteiger partial charge in [0.15, 0.2) is 0 Å². The second-order valence-electron chi connectivity index (χ2n) is 4.62. The largest absolute Gasteiger partial charge is 0.354 e. The Morgan fingerprint density at radius 3 is 2.78 bits per heavy atom. The van der Waals surface area contributed by atoms with Crippen molar-refractivity contribution in [2.45, 2.75) is 13.5 Å². The zero-order valence-electron chi connectivity index (χ0n) is 10.1. The number of hydrogen-bond donors (Lipinski definition) is 0. The molecule has 0 atom stereocenters. The van der Waals surface area contributed by atoms with Crippen LogP contribution in [0.4, 0.5) is 5.82 Å². The van der Waals surface area contributed by atoms with Crippen LogP contribution in [0.5, 0.6) is 0 Å². The minimum Gasteiger partial charge on any atom is -0.354 e. The van der Waals surface area contributed by atoms with Crippen molar-refractivity contribution in [1.29, 1.82) is 0 Å². The molecule has 1 fully saturated rings. The van der Waals surface area contributed by atoms with Crippen LogP contribution in [-0.2, 0) is 6.54 Å². The molecule has 1 saturated heterocycles. The van der Waals surface area contributed by atoms with Crippen molar-refractivity contribution in [3.8, 4) is 0 Å². The van der Waals surface area contributed by atoms with E-state index in [1.807, 2.05) is 24.0 Å². The number of anilines is 1. The van der Waals surface area contributed by atoms with Gasteiger partial charge in [-0.15, -0.1) is 0 Å². The molecular weight excluding hydrogens is 294 g/mol. The number of nitrogens with zero attached hydrogens (tertiary/aromatic N) is 5. The highest BCUT2D eigenvalue weighted by atomic mass is 79.9. The second kappa shape index (κ2) is 4.68. The number of rotatable bonds is 3. The van der Waals surface area contributed by atoms with E-state index < -0.39 is 0 Å². The van der Waals surface area contributed by atoms with Gasteiger partial charge >= 0.3 is 0 Å². The Labute approximate surface area is 114 Å². The van der Waals surface area contributed by atoms with Crippen LogP contribution in [0.2, 0.25) is 0 Å². The molecule has 94 valence electrons. The van der Waals surface area contributed by atoms with E-state index in [9.17, 15) is 0 Å². The first-order chi connectivity index (χ1) is 8.72. The third kappa shape index (κ3) is 2.25. The maximum Gasteiger partial charge on any atom is 0.150 e. The average Bonchev–Trinajstić information content (AvgIpc) is 2.70. The molecule has 1 aliphatic heterocycles. The lowest BCUT2D eigenvalue weighted by Crippen LogP contribution is -2.49. The highest BCUT2D eigenvalue weighted by Gasteiger charge is 2.29. The maximum atomic E-state index is 4.38. The monoisotopic (exact) mass is 307 g/mol. The molecule has 0 spiro atoms. The van der Waals surface area contributed by atoms with E-state index >= 15 is 0 Å². The topological polar surface area (TPSA) is 46.8 Å². The normalized spacial score (nSPS) is 15.8. The summed E-state index contributed by atoms with van der Waals surface area (Å²) in [5.41, 5.74) is 0.998. The van der Waals surface area contributed by atoms with Crippen molar-refractivity contribution in [1.82, 2.24) is 19.7 Å². The molecule has 0 aliphatic carbocycles. The van der Waals surface area contributed by atoms with E-state index in [1.165, 1.54) is 0 Å². The summed E-state index contributed by atoms with van der Waals surface area (Å²) < 4.78 is 3.01. The van der Waals surface area contributed by atoms with Gasteiger partial charge in [-0.1, -0.05) is 0 Å². The summed E-state index contributed by atoms with van der Waals surface area (Å²) in [5, 5.41) is 4.28. The van der Waals surface area contributed by atoms with E-state index in [0.29, 0.717) is 5.92 Å². The lowest BCUT2D eigenvalue weighted by Gasteiger charge is -2.40. The van der Waals surface area contributed by atoms with Gasteiger partial charge in [-0.2, -0.15) is 5.10 Å². The Bertz CT molecular complexity index is 547. The molecule has 2 aromatic heterocycles. The quantitative estimate of drug-likeness (QED) is 0.868. The fourth-order valence-corrected chi connectivity index (χ4v) is 2.60. The zero-order valence-corrected chi connectivity index (χ0v) is 11.7. The van der Waals surface area contributed by atoms with Crippen LogP contribution >= 0.6 is 15.9 Å². The third-order valence-electron chi connectivity index (χ3n) is 3.16. The summed E-state index contributed by atoms with van der Waals surface area (Å²) in [6, 6.07) is 0. The minimum atomic E-state index is 0.637. The molecule has 0 unspecified atom stereocenters. The predicted molar refractivity (Wildman–Crippen MR) is 72.4 cm³/mol. The third-order valence-corrected chi connectivity index (χ3v) is 3.57. The number of aromatic nitrogens is 4. The Kier molecular flexibility index (Phi) is 3.03. The number of aryl methyl sites for hydroxylation is 1. The van der Waals surface area contributed by atoms with E-state index in [-0.39, 0.29) is 0 Å². The molecule has 2 aromatic rings. The SMILES string of the molecule is Cc1nccnc1N1CC(Cn2cc(Br)cn2)C1. The van der Waals surface area contributed by atoms with Crippen LogP contribution in [0.25, 0.3) is 0 Å². The first-order valence-corrected chi connectivity index (χ1v) is 6.72. The van der Waals surface area contributed by atoms with E-state index in [0.717, 1.165) is 35.6 Å². The molecule has 0 radical (unpaired) electrons.